The van der Waals surface area contributed by atoms with Gasteiger partial charge in [-0.05, 0) is 17.7 Å². The molecule has 0 spiro atoms. The average Bonchev–Trinajstić information content (AvgIpc) is 2.29. The highest BCUT2D eigenvalue weighted by molar-refractivity contribution is 5.69. The van der Waals surface area contributed by atoms with Gasteiger partial charge >= 0.3 is 0 Å². The number of rotatable bonds is 4. The van der Waals surface area contributed by atoms with Crippen molar-refractivity contribution in [1.29, 1.82) is 0 Å². The van der Waals surface area contributed by atoms with Crippen molar-refractivity contribution in [2.75, 3.05) is 20.8 Å². The second kappa shape index (κ2) is 5.46. The van der Waals surface area contributed by atoms with Gasteiger partial charge in [0, 0.05) is 6.07 Å². The Kier molecular flexibility index (Phi) is 4.25. The van der Waals surface area contributed by atoms with Crippen LogP contribution in [0.4, 0.5) is 8.78 Å². The zero-order valence-corrected chi connectivity index (χ0v) is 8.96. The van der Waals surface area contributed by atoms with Crippen LogP contribution in [0.5, 0.6) is 11.5 Å². The summed E-state index contributed by atoms with van der Waals surface area (Å²) < 4.78 is 34.9. The molecular weight excluding hydrogens is 218 g/mol. The smallest absolute Gasteiger partial charge is 0.276 e. The largest absolute Gasteiger partial charge is 0.497 e. The van der Waals surface area contributed by atoms with Gasteiger partial charge in [0.25, 0.3) is 6.08 Å². The molecule has 1 aromatic carbocycles. The Morgan fingerprint density at radius 3 is 1.94 bits per heavy atom. The first kappa shape index (κ1) is 12.4. The molecule has 0 saturated carbocycles. The molecule has 0 fully saturated rings. The molecule has 0 unspecified atom stereocenters. The summed E-state index contributed by atoms with van der Waals surface area (Å²) >= 11 is 0. The first-order valence-corrected chi connectivity index (χ1v) is 4.50. The summed E-state index contributed by atoms with van der Waals surface area (Å²) in [6.45, 7) is -0.737. The summed E-state index contributed by atoms with van der Waals surface area (Å²) in [6, 6.07) is 4.38. The third-order valence-corrected chi connectivity index (χ3v) is 2.09. The van der Waals surface area contributed by atoms with Crippen molar-refractivity contribution in [3.05, 3.63) is 29.8 Å². The Balaban J connectivity index is 3.27. The lowest BCUT2D eigenvalue weighted by Gasteiger charge is -2.09. The van der Waals surface area contributed by atoms with Gasteiger partial charge in [0.2, 0.25) is 0 Å². The van der Waals surface area contributed by atoms with Crippen molar-refractivity contribution in [3.63, 3.8) is 0 Å². The third-order valence-electron chi connectivity index (χ3n) is 2.09. The molecule has 16 heavy (non-hydrogen) atoms. The number of methoxy groups -OCH3 is 2. The predicted octanol–water partition coefficient (Wildman–Crippen LogP) is 2.30. The van der Waals surface area contributed by atoms with Crippen LogP contribution in [-0.2, 0) is 0 Å². The van der Waals surface area contributed by atoms with Crippen LogP contribution < -0.4 is 9.47 Å². The maximum absolute atomic E-state index is 12.5. The molecule has 0 atom stereocenters. The molecule has 0 amide bonds. The average molecular weight is 230 g/mol. The Labute approximate surface area is 91.9 Å². The van der Waals surface area contributed by atoms with Gasteiger partial charge in [0.15, 0.2) is 0 Å². The Bertz CT molecular complexity index is 376. The number of halogens is 2. The van der Waals surface area contributed by atoms with E-state index in [-0.39, 0.29) is 5.56 Å². The second-order valence-electron chi connectivity index (χ2n) is 3.00. The Morgan fingerprint density at radius 2 is 1.62 bits per heavy atom. The maximum Gasteiger partial charge on any atom is 0.276 e. The standard InChI is InChI=1S/C11H12F2O3/c1-15-8-3-7(4-9(5-8)16-2)10(6-14)11(12)13/h3-5,14H,6H2,1-2H3. The zero-order chi connectivity index (χ0) is 12.1. The summed E-state index contributed by atoms with van der Waals surface area (Å²) in [5.41, 5.74) is -0.254. The van der Waals surface area contributed by atoms with Gasteiger partial charge in [-0.15, -0.1) is 0 Å². The van der Waals surface area contributed by atoms with E-state index in [1.165, 1.54) is 26.4 Å². The minimum atomic E-state index is -1.92. The molecule has 1 rings (SSSR count). The molecule has 0 bridgehead atoms. The number of aliphatic hydroxyl groups excluding tert-OH is 1. The molecule has 0 aliphatic carbocycles. The van der Waals surface area contributed by atoms with E-state index in [0.29, 0.717) is 11.5 Å². The lowest BCUT2D eigenvalue weighted by atomic mass is 10.1. The fraction of sp³-hybridized carbons (Fsp3) is 0.273. The fourth-order valence-electron chi connectivity index (χ4n) is 1.24. The van der Waals surface area contributed by atoms with E-state index in [2.05, 4.69) is 0 Å². The summed E-state index contributed by atoms with van der Waals surface area (Å²) in [5.74, 6) is 0.781. The van der Waals surface area contributed by atoms with Crippen LogP contribution in [0, 0.1) is 0 Å². The predicted molar refractivity (Wildman–Crippen MR) is 55.8 cm³/mol. The molecule has 1 N–H and O–H groups in total. The fourth-order valence-corrected chi connectivity index (χ4v) is 1.24. The highest BCUT2D eigenvalue weighted by Crippen LogP contribution is 2.29. The van der Waals surface area contributed by atoms with Crippen LogP contribution in [0.2, 0.25) is 0 Å². The van der Waals surface area contributed by atoms with Gasteiger partial charge in [-0.25, -0.2) is 0 Å². The van der Waals surface area contributed by atoms with Gasteiger partial charge in [-0.1, -0.05) is 0 Å². The molecule has 0 radical (unpaired) electrons. The number of ether oxygens (including phenoxy) is 2. The van der Waals surface area contributed by atoms with Gasteiger partial charge < -0.3 is 14.6 Å². The third kappa shape index (κ3) is 2.70. The lowest BCUT2D eigenvalue weighted by Crippen LogP contribution is -1.95. The van der Waals surface area contributed by atoms with Crippen molar-refractivity contribution in [1.82, 2.24) is 0 Å². The minimum Gasteiger partial charge on any atom is -0.497 e. The lowest BCUT2D eigenvalue weighted by molar-refractivity contribution is 0.337. The van der Waals surface area contributed by atoms with Gasteiger partial charge in [0.05, 0.1) is 26.4 Å². The number of aliphatic hydroxyl groups is 1. The van der Waals surface area contributed by atoms with E-state index < -0.39 is 18.3 Å². The van der Waals surface area contributed by atoms with Crippen molar-refractivity contribution >= 4 is 5.57 Å². The number of benzene rings is 1. The summed E-state index contributed by atoms with van der Waals surface area (Å²) in [6.07, 6.45) is -1.92. The van der Waals surface area contributed by atoms with Gasteiger partial charge in [-0.2, -0.15) is 8.78 Å². The number of hydrogen-bond acceptors (Lipinski definition) is 3. The quantitative estimate of drug-likeness (QED) is 0.862. The molecule has 0 saturated heterocycles. The van der Waals surface area contributed by atoms with Crippen molar-refractivity contribution in [3.8, 4) is 11.5 Å². The molecule has 0 aliphatic heterocycles. The monoisotopic (exact) mass is 230 g/mol. The van der Waals surface area contributed by atoms with E-state index >= 15 is 0 Å². The van der Waals surface area contributed by atoms with Crippen LogP contribution in [0.3, 0.4) is 0 Å². The SMILES string of the molecule is COc1cc(OC)cc(C(CO)=C(F)F)c1. The summed E-state index contributed by atoms with van der Waals surface area (Å²) in [4.78, 5) is 0. The molecule has 88 valence electrons. The van der Waals surface area contributed by atoms with Gasteiger partial charge in [0.1, 0.15) is 11.5 Å². The van der Waals surface area contributed by atoms with Crippen molar-refractivity contribution < 1.29 is 23.4 Å². The normalized spacial score (nSPS) is 9.81. The summed E-state index contributed by atoms with van der Waals surface area (Å²) in [5, 5.41) is 8.86. The topological polar surface area (TPSA) is 38.7 Å². The van der Waals surface area contributed by atoms with Gasteiger partial charge in [-0.3, -0.25) is 0 Å². The highest BCUT2D eigenvalue weighted by atomic mass is 19.3. The van der Waals surface area contributed by atoms with Crippen LogP contribution in [0.25, 0.3) is 5.57 Å². The highest BCUT2D eigenvalue weighted by Gasteiger charge is 2.11. The molecule has 1 aromatic rings. The molecule has 5 heteroatoms. The van der Waals surface area contributed by atoms with E-state index in [4.69, 9.17) is 14.6 Å². The summed E-state index contributed by atoms with van der Waals surface area (Å²) in [7, 11) is 2.85. The molecule has 0 heterocycles. The molecule has 0 aliphatic rings. The zero-order valence-electron chi connectivity index (χ0n) is 8.96. The van der Waals surface area contributed by atoms with E-state index in [1.807, 2.05) is 0 Å². The van der Waals surface area contributed by atoms with E-state index in [1.54, 1.807) is 6.07 Å². The van der Waals surface area contributed by atoms with Crippen molar-refractivity contribution in [2.24, 2.45) is 0 Å². The molecular formula is C11H12F2O3. The van der Waals surface area contributed by atoms with Crippen LogP contribution in [-0.4, -0.2) is 25.9 Å². The van der Waals surface area contributed by atoms with E-state index in [9.17, 15) is 8.78 Å². The molecule has 0 aromatic heterocycles. The Morgan fingerprint density at radius 1 is 1.12 bits per heavy atom. The van der Waals surface area contributed by atoms with Crippen LogP contribution >= 0.6 is 0 Å². The minimum absolute atomic E-state index is 0.179. The molecule has 3 nitrogen and oxygen atoms in total. The van der Waals surface area contributed by atoms with Crippen molar-refractivity contribution in [2.45, 2.75) is 0 Å². The Hall–Kier alpha value is -1.62. The maximum atomic E-state index is 12.5. The van der Waals surface area contributed by atoms with E-state index in [0.717, 1.165) is 0 Å². The van der Waals surface area contributed by atoms with Crippen LogP contribution in [0.15, 0.2) is 24.3 Å². The first-order chi connectivity index (χ1) is 7.62. The second-order valence-corrected chi connectivity index (χ2v) is 3.00. The number of hydrogen-bond donors (Lipinski definition) is 1. The van der Waals surface area contributed by atoms with Crippen LogP contribution in [0.1, 0.15) is 5.56 Å². The first-order valence-electron chi connectivity index (χ1n) is 4.50.